The van der Waals surface area contributed by atoms with Crippen LogP contribution in [0, 0.1) is 0 Å². The van der Waals surface area contributed by atoms with Crippen LogP contribution in [0.5, 0.6) is 0 Å². The number of aryl methyl sites for hydroxylation is 1. The van der Waals surface area contributed by atoms with Gasteiger partial charge in [0.05, 0.1) is 6.10 Å². The summed E-state index contributed by atoms with van der Waals surface area (Å²) in [6.07, 6.45) is 6.78. The van der Waals surface area contributed by atoms with Crippen LogP contribution in [0.2, 0.25) is 0 Å². The first kappa shape index (κ1) is 11.7. The van der Waals surface area contributed by atoms with Gasteiger partial charge in [-0.3, -0.25) is 0 Å². The molecule has 0 spiro atoms. The maximum atomic E-state index is 5.60. The standard InChI is InChI=1S/C14H19N3O/c1-17-10-11(13-5-2-6-16-14(13)17)8-15-9-12-4-3-7-18-12/h2,5-6,10,12,15H,3-4,7-9H2,1H3/t12-/m0/s1. The smallest absolute Gasteiger partial charge is 0.139 e. The van der Waals surface area contributed by atoms with Gasteiger partial charge in [0.2, 0.25) is 0 Å². The first-order valence-corrected chi connectivity index (χ1v) is 6.56. The minimum absolute atomic E-state index is 0.401. The van der Waals surface area contributed by atoms with Gasteiger partial charge in [0.25, 0.3) is 0 Å². The van der Waals surface area contributed by atoms with E-state index in [-0.39, 0.29) is 0 Å². The molecule has 0 bridgehead atoms. The monoisotopic (exact) mass is 245 g/mol. The van der Waals surface area contributed by atoms with Gasteiger partial charge in [-0.05, 0) is 30.5 Å². The van der Waals surface area contributed by atoms with E-state index in [9.17, 15) is 0 Å². The largest absolute Gasteiger partial charge is 0.377 e. The van der Waals surface area contributed by atoms with Crippen LogP contribution in [0.15, 0.2) is 24.5 Å². The lowest BCUT2D eigenvalue weighted by Gasteiger charge is -2.10. The Hall–Kier alpha value is -1.39. The normalized spacial score (nSPS) is 19.7. The Morgan fingerprint density at radius 1 is 1.56 bits per heavy atom. The van der Waals surface area contributed by atoms with Crippen molar-refractivity contribution in [2.45, 2.75) is 25.5 Å². The highest BCUT2D eigenvalue weighted by Crippen LogP contribution is 2.18. The first-order valence-electron chi connectivity index (χ1n) is 6.56. The van der Waals surface area contributed by atoms with Crippen LogP contribution in [0.4, 0.5) is 0 Å². The van der Waals surface area contributed by atoms with E-state index in [1.54, 1.807) is 0 Å². The molecule has 3 heterocycles. The lowest BCUT2D eigenvalue weighted by molar-refractivity contribution is 0.110. The van der Waals surface area contributed by atoms with Gasteiger partial charge in [0, 0.05) is 44.5 Å². The van der Waals surface area contributed by atoms with E-state index in [1.807, 2.05) is 19.3 Å². The van der Waals surface area contributed by atoms with Gasteiger partial charge in [-0.1, -0.05) is 0 Å². The Bertz CT molecular complexity index is 529. The van der Waals surface area contributed by atoms with Gasteiger partial charge < -0.3 is 14.6 Å². The zero-order valence-electron chi connectivity index (χ0n) is 10.7. The molecule has 1 N–H and O–H groups in total. The Morgan fingerprint density at radius 3 is 3.33 bits per heavy atom. The number of nitrogens with one attached hydrogen (secondary N) is 1. The van der Waals surface area contributed by atoms with Crippen molar-refractivity contribution in [3.8, 4) is 0 Å². The van der Waals surface area contributed by atoms with E-state index in [0.29, 0.717) is 6.10 Å². The molecule has 2 aromatic heterocycles. The average Bonchev–Trinajstić information content (AvgIpc) is 3.00. The van der Waals surface area contributed by atoms with Crippen LogP contribution in [0.3, 0.4) is 0 Å². The zero-order valence-corrected chi connectivity index (χ0v) is 10.7. The molecule has 1 aliphatic rings. The summed E-state index contributed by atoms with van der Waals surface area (Å²) in [6, 6.07) is 4.12. The third-order valence-corrected chi connectivity index (χ3v) is 3.53. The molecule has 0 unspecified atom stereocenters. The quantitative estimate of drug-likeness (QED) is 0.893. The van der Waals surface area contributed by atoms with Crippen LogP contribution in [-0.4, -0.2) is 28.8 Å². The molecule has 4 heteroatoms. The Kier molecular flexibility index (Phi) is 3.30. The predicted octanol–water partition coefficient (Wildman–Crippen LogP) is 1.84. The van der Waals surface area contributed by atoms with Gasteiger partial charge in [-0.15, -0.1) is 0 Å². The molecule has 1 fully saturated rings. The summed E-state index contributed by atoms with van der Waals surface area (Å²) in [6.45, 7) is 2.74. The average molecular weight is 245 g/mol. The van der Waals surface area contributed by atoms with E-state index in [0.717, 1.165) is 25.3 Å². The molecule has 0 aliphatic carbocycles. The second-order valence-corrected chi connectivity index (χ2v) is 4.91. The maximum absolute atomic E-state index is 5.60. The maximum Gasteiger partial charge on any atom is 0.139 e. The van der Waals surface area contributed by atoms with E-state index >= 15 is 0 Å². The van der Waals surface area contributed by atoms with Crippen molar-refractivity contribution in [1.29, 1.82) is 0 Å². The summed E-state index contributed by atoms with van der Waals surface area (Å²) in [5.41, 5.74) is 2.35. The fraction of sp³-hybridized carbons (Fsp3) is 0.500. The molecule has 0 amide bonds. The Morgan fingerprint density at radius 2 is 2.50 bits per heavy atom. The van der Waals surface area contributed by atoms with Gasteiger partial charge in [-0.2, -0.15) is 0 Å². The topological polar surface area (TPSA) is 39.1 Å². The van der Waals surface area contributed by atoms with Crippen molar-refractivity contribution in [2.75, 3.05) is 13.2 Å². The van der Waals surface area contributed by atoms with Gasteiger partial charge in [0.1, 0.15) is 5.65 Å². The van der Waals surface area contributed by atoms with E-state index in [1.165, 1.54) is 23.8 Å². The van der Waals surface area contributed by atoms with E-state index in [2.05, 4.69) is 27.1 Å². The lowest BCUT2D eigenvalue weighted by atomic mass is 10.2. The number of ether oxygens (including phenoxy) is 1. The van der Waals surface area contributed by atoms with Crippen molar-refractivity contribution in [1.82, 2.24) is 14.9 Å². The van der Waals surface area contributed by atoms with E-state index < -0.39 is 0 Å². The van der Waals surface area contributed by atoms with Crippen LogP contribution in [-0.2, 0) is 18.3 Å². The molecule has 96 valence electrons. The summed E-state index contributed by atoms with van der Waals surface area (Å²) < 4.78 is 7.69. The van der Waals surface area contributed by atoms with Gasteiger partial charge in [-0.25, -0.2) is 4.98 Å². The van der Waals surface area contributed by atoms with Crippen molar-refractivity contribution in [3.63, 3.8) is 0 Å². The van der Waals surface area contributed by atoms with Crippen LogP contribution >= 0.6 is 0 Å². The third kappa shape index (κ3) is 2.26. The molecule has 2 aromatic rings. The lowest BCUT2D eigenvalue weighted by Crippen LogP contribution is -2.25. The Labute approximate surface area is 107 Å². The number of pyridine rings is 1. The highest BCUT2D eigenvalue weighted by atomic mass is 16.5. The molecule has 1 atom stereocenters. The fourth-order valence-electron chi connectivity index (χ4n) is 2.61. The molecule has 1 saturated heterocycles. The molecule has 0 aromatic carbocycles. The number of hydrogen-bond donors (Lipinski definition) is 1. The highest BCUT2D eigenvalue weighted by molar-refractivity contribution is 5.80. The van der Waals surface area contributed by atoms with Crippen LogP contribution in [0.1, 0.15) is 18.4 Å². The minimum atomic E-state index is 0.401. The van der Waals surface area contributed by atoms with Crippen molar-refractivity contribution in [3.05, 3.63) is 30.1 Å². The van der Waals surface area contributed by atoms with Crippen molar-refractivity contribution < 1.29 is 4.74 Å². The highest BCUT2D eigenvalue weighted by Gasteiger charge is 2.15. The first-order chi connectivity index (χ1) is 8.84. The summed E-state index contributed by atoms with van der Waals surface area (Å²) >= 11 is 0. The second kappa shape index (κ2) is 5.08. The second-order valence-electron chi connectivity index (χ2n) is 4.91. The van der Waals surface area contributed by atoms with Crippen LogP contribution in [0.25, 0.3) is 11.0 Å². The van der Waals surface area contributed by atoms with E-state index in [4.69, 9.17) is 4.74 Å². The number of aromatic nitrogens is 2. The summed E-state index contributed by atoms with van der Waals surface area (Å²) in [5, 5.41) is 4.72. The molecular weight excluding hydrogens is 226 g/mol. The number of nitrogens with zero attached hydrogens (tertiary/aromatic N) is 2. The summed E-state index contributed by atoms with van der Waals surface area (Å²) in [4.78, 5) is 4.40. The van der Waals surface area contributed by atoms with Crippen molar-refractivity contribution >= 4 is 11.0 Å². The fourth-order valence-corrected chi connectivity index (χ4v) is 2.61. The van der Waals surface area contributed by atoms with Crippen LogP contribution < -0.4 is 5.32 Å². The summed E-state index contributed by atoms with van der Waals surface area (Å²) in [5.74, 6) is 0. The zero-order chi connectivity index (χ0) is 12.4. The predicted molar refractivity (Wildman–Crippen MR) is 71.4 cm³/mol. The molecule has 3 rings (SSSR count). The molecule has 0 radical (unpaired) electrons. The minimum Gasteiger partial charge on any atom is -0.377 e. The third-order valence-electron chi connectivity index (χ3n) is 3.53. The molecular formula is C14H19N3O. The molecule has 0 saturated carbocycles. The molecule has 18 heavy (non-hydrogen) atoms. The Balaban J connectivity index is 1.67. The van der Waals surface area contributed by atoms with Crippen molar-refractivity contribution in [2.24, 2.45) is 7.05 Å². The number of rotatable bonds is 4. The SMILES string of the molecule is Cn1cc(CNC[C@@H]2CCCO2)c2cccnc21. The number of fused-ring (bicyclic) bond motifs is 1. The molecule has 1 aliphatic heterocycles. The number of hydrogen-bond acceptors (Lipinski definition) is 3. The summed E-state index contributed by atoms with van der Waals surface area (Å²) in [7, 11) is 2.04. The molecule has 4 nitrogen and oxygen atoms in total. The van der Waals surface area contributed by atoms with Gasteiger partial charge in [0.15, 0.2) is 0 Å². The van der Waals surface area contributed by atoms with Gasteiger partial charge >= 0.3 is 0 Å².